The number of anilines is 1. The number of pyridine rings is 1. The molecule has 1 atom stereocenters. The average molecular weight is 282 g/mol. The molecule has 4 N–H and O–H groups in total. The molecule has 0 spiro atoms. The number of carbonyl (C=O) groups is 2. The van der Waals surface area contributed by atoms with Crippen LogP contribution in [0.1, 0.15) is 37.0 Å². The molecule has 0 saturated carbocycles. The molecule has 2 amide bonds. The Hall–Kier alpha value is -2.18. The molecule has 0 aliphatic rings. The summed E-state index contributed by atoms with van der Waals surface area (Å²) in [6.45, 7) is 4.12. The van der Waals surface area contributed by atoms with Gasteiger partial charge in [-0.1, -0.05) is 6.92 Å². The van der Waals surface area contributed by atoms with E-state index in [4.69, 9.17) is 5.73 Å². The molecule has 0 aromatic carbocycles. The lowest BCUT2D eigenvalue weighted by atomic mass is 10.2. The van der Waals surface area contributed by atoms with Crippen LogP contribution in [0.2, 0.25) is 0 Å². The van der Waals surface area contributed by atoms with Crippen LogP contribution >= 0.6 is 0 Å². The predicted octanol–water partition coefficient (Wildman–Crippen LogP) is 1.04. The van der Waals surface area contributed by atoms with Crippen molar-refractivity contribution in [1.82, 2.24) is 10.3 Å². The Bertz CT molecular complexity index is 493. The third-order valence-corrected chi connectivity index (χ3v) is 2.56. The summed E-state index contributed by atoms with van der Waals surface area (Å²) in [6, 6.07) is 0.832. The number of carbonyl (C=O) groups excluding carboxylic acids is 2. The maximum absolute atomic E-state index is 14.1. The van der Waals surface area contributed by atoms with E-state index < -0.39 is 23.7 Å². The number of primary amides is 1. The number of nitrogens with one attached hydrogen (secondary N) is 2. The van der Waals surface area contributed by atoms with E-state index in [0.717, 1.165) is 6.42 Å². The van der Waals surface area contributed by atoms with Crippen molar-refractivity contribution in [2.75, 3.05) is 11.9 Å². The number of hydrogen-bond donors (Lipinski definition) is 3. The number of aromatic nitrogens is 1. The van der Waals surface area contributed by atoms with Crippen molar-refractivity contribution in [3.8, 4) is 0 Å². The normalized spacial score (nSPS) is 11.8. The smallest absolute Gasteiger partial charge is 0.254 e. The summed E-state index contributed by atoms with van der Waals surface area (Å²) in [6.07, 6.45) is 2.17. The van der Waals surface area contributed by atoms with Gasteiger partial charge >= 0.3 is 0 Å². The van der Waals surface area contributed by atoms with Crippen molar-refractivity contribution >= 4 is 17.6 Å². The monoisotopic (exact) mass is 282 g/mol. The third kappa shape index (κ3) is 4.49. The lowest BCUT2D eigenvalue weighted by molar-refractivity contribution is -0.118. The Morgan fingerprint density at radius 1 is 1.50 bits per heavy atom. The molecule has 7 heteroatoms. The quantitative estimate of drug-likeness (QED) is 0.696. The van der Waals surface area contributed by atoms with Crippen molar-refractivity contribution in [3.63, 3.8) is 0 Å². The van der Waals surface area contributed by atoms with Gasteiger partial charge in [0.05, 0.1) is 5.56 Å². The van der Waals surface area contributed by atoms with Gasteiger partial charge in [0.15, 0.2) is 11.6 Å². The molecule has 0 saturated heterocycles. The second-order valence-corrected chi connectivity index (χ2v) is 4.49. The molecule has 0 bridgehead atoms. The zero-order valence-corrected chi connectivity index (χ0v) is 11.6. The minimum absolute atomic E-state index is 0.000611. The minimum Gasteiger partial charge on any atom is -0.370 e. The second kappa shape index (κ2) is 7.42. The van der Waals surface area contributed by atoms with Crippen LogP contribution in [-0.2, 0) is 4.79 Å². The first-order valence-electron chi connectivity index (χ1n) is 6.43. The highest BCUT2D eigenvalue weighted by molar-refractivity contribution is 5.95. The van der Waals surface area contributed by atoms with Crippen molar-refractivity contribution < 1.29 is 14.0 Å². The number of rotatable bonds is 7. The highest BCUT2D eigenvalue weighted by Crippen LogP contribution is 2.15. The molecule has 0 fully saturated rings. The van der Waals surface area contributed by atoms with E-state index in [1.165, 1.54) is 12.3 Å². The fourth-order valence-electron chi connectivity index (χ4n) is 1.64. The third-order valence-electron chi connectivity index (χ3n) is 2.56. The number of nitrogens with two attached hydrogens (primary N) is 1. The van der Waals surface area contributed by atoms with Gasteiger partial charge in [-0.15, -0.1) is 0 Å². The van der Waals surface area contributed by atoms with Gasteiger partial charge in [-0.25, -0.2) is 9.37 Å². The van der Waals surface area contributed by atoms with Crippen LogP contribution in [0.5, 0.6) is 0 Å². The van der Waals surface area contributed by atoms with Gasteiger partial charge in [-0.3, -0.25) is 9.59 Å². The lowest BCUT2D eigenvalue weighted by Crippen LogP contribution is -2.36. The zero-order valence-electron chi connectivity index (χ0n) is 11.6. The molecular weight excluding hydrogens is 263 g/mol. The van der Waals surface area contributed by atoms with E-state index in [2.05, 4.69) is 15.6 Å². The van der Waals surface area contributed by atoms with Crippen LogP contribution in [0.25, 0.3) is 0 Å². The van der Waals surface area contributed by atoms with E-state index in [-0.39, 0.29) is 17.8 Å². The Morgan fingerprint density at radius 3 is 2.80 bits per heavy atom. The van der Waals surface area contributed by atoms with Gasteiger partial charge in [-0.2, -0.15) is 0 Å². The van der Waals surface area contributed by atoms with E-state index in [1.807, 2.05) is 6.92 Å². The summed E-state index contributed by atoms with van der Waals surface area (Å²) in [5.41, 5.74) is 4.92. The summed E-state index contributed by atoms with van der Waals surface area (Å²) in [4.78, 5) is 26.5. The largest absolute Gasteiger partial charge is 0.370 e. The summed E-state index contributed by atoms with van der Waals surface area (Å²) in [5.74, 6) is -1.79. The van der Waals surface area contributed by atoms with Crippen molar-refractivity contribution in [1.29, 1.82) is 0 Å². The molecule has 1 heterocycles. The Labute approximate surface area is 116 Å². The van der Waals surface area contributed by atoms with Crippen molar-refractivity contribution in [2.24, 2.45) is 5.73 Å². The molecule has 1 rings (SSSR count). The standard InChI is InChI=1S/C13H19FN4O2/c1-3-5-16-12-11(14)9(4-6-17-12)13(20)18-8(2)7-10(15)19/h4,6,8H,3,5,7H2,1-2H3,(H2,15,19)(H,16,17)(H,18,20). The van der Waals surface area contributed by atoms with Crippen LogP contribution in [0.15, 0.2) is 12.3 Å². The van der Waals surface area contributed by atoms with Gasteiger partial charge in [-0.05, 0) is 19.4 Å². The van der Waals surface area contributed by atoms with Crippen LogP contribution in [0.4, 0.5) is 10.2 Å². The van der Waals surface area contributed by atoms with Gasteiger partial charge in [0.25, 0.3) is 5.91 Å². The number of hydrogen-bond acceptors (Lipinski definition) is 4. The highest BCUT2D eigenvalue weighted by Gasteiger charge is 2.18. The first-order valence-corrected chi connectivity index (χ1v) is 6.43. The molecule has 20 heavy (non-hydrogen) atoms. The predicted molar refractivity (Wildman–Crippen MR) is 73.7 cm³/mol. The maximum atomic E-state index is 14.1. The number of amides is 2. The average Bonchev–Trinajstić information content (AvgIpc) is 2.36. The Kier molecular flexibility index (Phi) is 5.89. The van der Waals surface area contributed by atoms with E-state index in [9.17, 15) is 14.0 Å². The zero-order chi connectivity index (χ0) is 15.1. The maximum Gasteiger partial charge on any atom is 0.254 e. The Morgan fingerprint density at radius 2 is 2.20 bits per heavy atom. The first kappa shape index (κ1) is 15.9. The molecule has 6 nitrogen and oxygen atoms in total. The molecule has 0 aliphatic carbocycles. The van der Waals surface area contributed by atoms with Crippen LogP contribution in [-0.4, -0.2) is 29.4 Å². The molecule has 110 valence electrons. The molecule has 0 aliphatic heterocycles. The lowest BCUT2D eigenvalue weighted by Gasteiger charge is -2.13. The molecular formula is C13H19FN4O2. The van der Waals surface area contributed by atoms with Crippen molar-refractivity contribution in [3.05, 3.63) is 23.6 Å². The fraction of sp³-hybridized carbons (Fsp3) is 0.462. The number of halogens is 1. The summed E-state index contributed by atoms with van der Waals surface area (Å²) in [5, 5.41) is 5.32. The fourth-order valence-corrected chi connectivity index (χ4v) is 1.64. The van der Waals surface area contributed by atoms with Gasteiger partial charge in [0.1, 0.15) is 0 Å². The van der Waals surface area contributed by atoms with E-state index >= 15 is 0 Å². The van der Waals surface area contributed by atoms with E-state index in [1.54, 1.807) is 6.92 Å². The van der Waals surface area contributed by atoms with Crippen LogP contribution in [0, 0.1) is 5.82 Å². The van der Waals surface area contributed by atoms with Crippen molar-refractivity contribution in [2.45, 2.75) is 32.7 Å². The second-order valence-electron chi connectivity index (χ2n) is 4.49. The molecule has 1 unspecified atom stereocenters. The molecule has 1 aromatic heterocycles. The summed E-state index contributed by atoms with van der Waals surface area (Å²) >= 11 is 0. The topological polar surface area (TPSA) is 97.1 Å². The number of nitrogens with zero attached hydrogens (tertiary/aromatic N) is 1. The minimum atomic E-state index is -0.704. The van der Waals surface area contributed by atoms with Gasteiger partial charge in [0, 0.05) is 25.2 Å². The highest BCUT2D eigenvalue weighted by atomic mass is 19.1. The molecule has 0 radical (unpaired) electrons. The molecule has 1 aromatic rings. The van der Waals surface area contributed by atoms with Crippen LogP contribution in [0.3, 0.4) is 0 Å². The summed E-state index contributed by atoms with van der Waals surface area (Å²) in [7, 11) is 0. The van der Waals surface area contributed by atoms with Gasteiger partial charge < -0.3 is 16.4 Å². The SMILES string of the molecule is CCCNc1nccc(C(=O)NC(C)CC(N)=O)c1F. The van der Waals surface area contributed by atoms with Crippen LogP contribution < -0.4 is 16.4 Å². The van der Waals surface area contributed by atoms with Gasteiger partial charge in [0.2, 0.25) is 5.91 Å². The van der Waals surface area contributed by atoms with E-state index in [0.29, 0.717) is 6.54 Å². The Balaban J connectivity index is 2.80. The first-order chi connectivity index (χ1) is 9.45. The summed E-state index contributed by atoms with van der Waals surface area (Å²) < 4.78 is 14.1.